The van der Waals surface area contributed by atoms with Crippen LogP contribution < -0.4 is 4.90 Å². The van der Waals surface area contributed by atoms with Crippen molar-refractivity contribution in [1.82, 2.24) is 0 Å². The summed E-state index contributed by atoms with van der Waals surface area (Å²) in [6.07, 6.45) is 0. The number of nitrogens with zero attached hydrogens (tertiary/aromatic N) is 1. The van der Waals surface area contributed by atoms with E-state index in [1.54, 1.807) is 0 Å². The molecule has 0 aliphatic heterocycles. The third-order valence-corrected chi connectivity index (χ3v) is 8.53. The lowest BCUT2D eigenvalue weighted by Gasteiger charge is -2.27. The van der Waals surface area contributed by atoms with Crippen molar-refractivity contribution in [2.45, 2.75) is 0 Å². The first-order valence-electron chi connectivity index (χ1n) is 12.6. The van der Waals surface area contributed by atoms with Crippen molar-refractivity contribution >= 4 is 81.3 Å². The normalized spacial score (nSPS) is 11.8. The highest BCUT2D eigenvalue weighted by Gasteiger charge is 2.22. The Bertz CT molecular complexity index is 2160. The lowest BCUT2D eigenvalue weighted by molar-refractivity contribution is 0.628. The van der Waals surface area contributed by atoms with Gasteiger partial charge in [0.15, 0.2) is 5.58 Å². The van der Waals surface area contributed by atoms with Gasteiger partial charge in [0, 0.05) is 47.4 Å². The summed E-state index contributed by atoms with van der Waals surface area (Å²) in [5, 5.41) is 6.90. The summed E-state index contributed by atoms with van der Waals surface area (Å²) < 4.78 is 23.1. The van der Waals surface area contributed by atoms with Crippen molar-refractivity contribution in [2.24, 2.45) is 0 Å². The Morgan fingerprint density at radius 3 is 2.08 bits per heavy atom. The molecule has 0 spiro atoms. The van der Waals surface area contributed by atoms with Gasteiger partial charge in [-0.1, -0.05) is 72.8 Å². The summed E-state index contributed by atoms with van der Waals surface area (Å²) in [4.78, 5) is 2.21. The quantitative estimate of drug-likeness (QED) is 0.235. The van der Waals surface area contributed by atoms with Crippen LogP contribution in [0.2, 0.25) is 0 Å². The monoisotopic (exact) mass is 509 g/mol. The van der Waals surface area contributed by atoms with Crippen molar-refractivity contribution in [2.75, 3.05) is 4.90 Å². The molecule has 0 saturated heterocycles. The van der Waals surface area contributed by atoms with E-state index >= 15 is 0 Å². The number of furan rings is 1. The van der Waals surface area contributed by atoms with Crippen molar-refractivity contribution in [3.8, 4) is 0 Å². The second-order valence-electron chi connectivity index (χ2n) is 9.48. The Morgan fingerprint density at radius 2 is 1.24 bits per heavy atom. The fraction of sp³-hybridized carbons (Fsp3) is 0. The zero-order chi connectivity index (χ0) is 25.2. The van der Waals surface area contributed by atoms with Crippen LogP contribution in [0, 0.1) is 5.82 Å². The zero-order valence-corrected chi connectivity index (χ0v) is 21.0. The number of rotatable bonds is 3. The molecule has 0 amide bonds. The van der Waals surface area contributed by atoms with Gasteiger partial charge in [-0.3, -0.25) is 0 Å². The number of halogens is 1. The minimum atomic E-state index is -0.264. The van der Waals surface area contributed by atoms with Crippen LogP contribution in [0.15, 0.2) is 126 Å². The molecular formula is C34H20FNOS. The third-order valence-electron chi connectivity index (χ3n) is 7.31. The predicted molar refractivity (Wildman–Crippen MR) is 159 cm³/mol. The van der Waals surface area contributed by atoms with Gasteiger partial charge in [0.05, 0.1) is 11.4 Å². The molecule has 180 valence electrons. The summed E-state index contributed by atoms with van der Waals surface area (Å²) >= 11 is 1.82. The molecule has 0 aliphatic rings. The molecule has 0 aliphatic carbocycles. The van der Waals surface area contributed by atoms with Gasteiger partial charge in [0.1, 0.15) is 11.4 Å². The average Bonchev–Trinajstić information content (AvgIpc) is 3.53. The molecule has 4 heteroatoms. The fourth-order valence-electron chi connectivity index (χ4n) is 5.62. The molecule has 0 atom stereocenters. The molecule has 8 aromatic rings. The van der Waals surface area contributed by atoms with Crippen molar-refractivity contribution in [1.29, 1.82) is 0 Å². The van der Waals surface area contributed by atoms with Gasteiger partial charge in [0.2, 0.25) is 0 Å². The fourth-order valence-corrected chi connectivity index (χ4v) is 6.84. The second kappa shape index (κ2) is 8.17. The highest BCUT2D eigenvalue weighted by Crippen LogP contribution is 2.48. The maximum absolute atomic E-state index is 14.1. The molecular weight excluding hydrogens is 489 g/mol. The number of hydrogen-bond acceptors (Lipinski definition) is 3. The lowest BCUT2D eigenvalue weighted by Crippen LogP contribution is -2.11. The number of thiophene rings is 1. The maximum Gasteiger partial charge on any atom is 0.159 e. The minimum Gasteiger partial charge on any atom is -0.454 e. The molecule has 0 unspecified atom stereocenters. The number of para-hydroxylation sites is 2. The third kappa shape index (κ3) is 3.11. The van der Waals surface area contributed by atoms with Gasteiger partial charge >= 0.3 is 0 Å². The van der Waals surface area contributed by atoms with Crippen LogP contribution in [0.25, 0.3) is 52.9 Å². The predicted octanol–water partition coefficient (Wildman–Crippen LogP) is 10.7. The van der Waals surface area contributed by atoms with Crippen LogP contribution in [0.5, 0.6) is 0 Å². The molecule has 0 N–H and O–H groups in total. The Morgan fingerprint density at radius 1 is 0.553 bits per heavy atom. The van der Waals surface area contributed by atoms with Crippen LogP contribution >= 0.6 is 11.3 Å². The number of anilines is 3. The smallest absolute Gasteiger partial charge is 0.159 e. The summed E-state index contributed by atoms with van der Waals surface area (Å²) in [5.74, 6) is -0.264. The zero-order valence-electron chi connectivity index (χ0n) is 20.2. The minimum absolute atomic E-state index is 0.264. The van der Waals surface area contributed by atoms with E-state index in [0.29, 0.717) is 0 Å². The van der Waals surface area contributed by atoms with Crippen LogP contribution in [0.1, 0.15) is 0 Å². The van der Waals surface area contributed by atoms with E-state index in [1.807, 2.05) is 41.7 Å². The largest absolute Gasteiger partial charge is 0.454 e. The van der Waals surface area contributed by atoms with E-state index < -0.39 is 0 Å². The Hall–Kier alpha value is -4.67. The Kier molecular flexibility index (Phi) is 4.60. The van der Waals surface area contributed by atoms with Crippen LogP contribution in [0.3, 0.4) is 0 Å². The van der Waals surface area contributed by atoms with Gasteiger partial charge in [-0.2, -0.15) is 0 Å². The molecule has 0 saturated carbocycles. The maximum atomic E-state index is 14.1. The topological polar surface area (TPSA) is 16.4 Å². The average molecular weight is 510 g/mol. The number of benzene rings is 6. The summed E-state index contributed by atoms with van der Waals surface area (Å²) in [6, 6.07) is 40.4. The molecule has 0 fully saturated rings. The molecule has 0 radical (unpaired) electrons. The molecule has 0 bridgehead atoms. The highest BCUT2D eigenvalue weighted by atomic mass is 32.1. The molecule has 2 heterocycles. The highest BCUT2D eigenvalue weighted by molar-refractivity contribution is 7.26. The summed E-state index contributed by atoms with van der Waals surface area (Å²) in [7, 11) is 0. The molecule has 2 aromatic heterocycles. The first-order valence-corrected chi connectivity index (χ1v) is 13.4. The standard InChI is InChI=1S/C34H20FNOS/c35-21-16-18-22(19-17-21)36(29-13-7-12-26-24-9-3-5-14-31(24)37-33(26)29)30-20-28-25-10-4-6-15-32(25)38-34(28)27-11-2-1-8-23(27)30/h1-20H. The van der Waals surface area contributed by atoms with E-state index in [2.05, 4.69) is 83.8 Å². The van der Waals surface area contributed by atoms with E-state index in [9.17, 15) is 4.39 Å². The number of fused-ring (bicyclic) bond motifs is 8. The van der Waals surface area contributed by atoms with Gasteiger partial charge in [0.25, 0.3) is 0 Å². The number of hydrogen-bond donors (Lipinski definition) is 0. The molecule has 38 heavy (non-hydrogen) atoms. The van der Waals surface area contributed by atoms with Crippen molar-refractivity contribution in [3.63, 3.8) is 0 Å². The molecule has 6 aromatic carbocycles. The SMILES string of the molecule is Fc1ccc(N(c2cc3c4ccccc4sc3c3ccccc23)c2cccc3c2oc2ccccc23)cc1. The van der Waals surface area contributed by atoms with Gasteiger partial charge in [-0.15, -0.1) is 11.3 Å². The van der Waals surface area contributed by atoms with Crippen molar-refractivity contribution in [3.05, 3.63) is 127 Å². The van der Waals surface area contributed by atoms with E-state index in [4.69, 9.17) is 4.42 Å². The van der Waals surface area contributed by atoms with E-state index in [0.717, 1.165) is 44.4 Å². The van der Waals surface area contributed by atoms with Gasteiger partial charge in [-0.25, -0.2) is 4.39 Å². The van der Waals surface area contributed by atoms with Gasteiger partial charge < -0.3 is 9.32 Å². The lowest BCUT2D eigenvalue weighted by atomic mass is 10.0. The van der Waals surface area contributed by atoms with Crippen LogP contribution in [0.4, 0.5) is 21.5 Å². The van der Waals surface area contributed by atoms with Gasteiger partial charge in [-0.05, 0) is 48.5 Å². The summed E-state index contributed by atoms with van der Waals surface area (Å²) in [6.45, 7) is 0. The Labute approximate surface area is 221 Å². The van der Waals surface area contributed by atoms with E-state index in [1.165, 1.54) is 37.7 Å². The van der Waals surface area contributed by atoms with Crippen LogP contribution in [-0.2, 0) is 0 Å². The molecule has 2 nitrogen and oxygen atoms in total. The first kappa shape index (κ1) is 21.4. The first-order chi connectivity index (χ1) is 18.8. The summed E-state index contributed by atoms with van der Waals surface area (Å²) in [5.41, 5.74) is 4.45. The second-order valence-corrected chi connectivity index (χ2v) is 10.5. The van der Waals surface area contributed by atoms with Crippen molar-refractivity contribution < 1.29 is 8.81 Å². The Balaban J connectivity index is 1.52. The van der Waals surface area contributed by atoms with Crippen LogP contribution in [-0.4, -0.2) is 0 Å². The van der Waals surface area contributed by atoms with E-state index in [-0.39, 0.29) is 5.82 Å². The molecule has 8 rings (SSSR count).